The van der Waals surface area contributed by atoms with Gasteiger partial charge in [-0.25, -0.2) is 8.42 Å². The first-order chi connectivity index (χ1) is 10.4. The Morgan fingerprint density at radius 3 is 2.77 bits per heavy atom. The number of amides is 1. The summed E-state index contributed by atoms with van der Waals surface area (Å²) in [5.41, 5.74) is 0. The van der Waals surface area contributed by atoms with E-state index in [1.165, 1.54) is 11.8 Å². The van der Waals surface area contributed by atoms with E-state index in [-0.39, 0.29) is 35.3 Å². The Labute approximate surface area is 133 Å². The lowest BCUT2D eigenvalue weighted by atomic mass is 10.2. The smallest absolute Gasteiger partial charge is 0.285 e. The molecule has 3 rings (SSSR count). The molecule has 2 aliphatic heterocycles. The molecule has 0 spiro atoms. The van der Waals surface area contributed by atoms with Crippen LogP contribution in [0.15, 0.2) is 35.3 Å². The summed E-state index contributed by atoms with van der Waals surface area (Å²) < 4.78 is 28.6. The van der Waals surface area contributed by atoms with Crippen LogP contribution in [0.1, 0.15) is 0 Å². The van der Waals surface area contributed by atoms with Crippen LogP contribution in [0, 0.1) is 0 Å². The molecule has 2 fully saturated rings. The Bertz CT molecular complexity index is 703. The number of ether oxygens (including phenoxy) is 1. The predicted octanol–water partition coefficient (Wildman–Crippen LogP) is 0.792. The van der Waals surface area contributed by atoms with Crippen LogP contribution >= 0.6 is 11.8 Å². The van der Waals surface area contributed by atoms with Gasteiger partial charge in [0.15, 0.2) is 21.6 Å². The van der Waals surface area contributed by atoms with Crippen molar-refractivity contribution in [2.75, 3.05) is 25.2 Å². The van der Waals surface area contributed by atoms with Crippen molar-refractivity contribution in [3.8, 4) is 5.75 Å². The van der Waals surface area contributed by atoms with E-state index in [1.54, 1.807) is 24.1 Å². The first-order valence-corrected chi connectivity index (χ1v) is 9.54. The average Bonchev–Trinajstić information content (AvgIpc) is 2.92. The highest BCUT2D eigenvalue weighted by Gasteiger charge is 2.47. The Hall–Kier alpha value is -1.54. The number of amidine groups is 1. The third-order valence-electron chi connectivity index (χ3n) is 3.65. The molecule has 1 aromatic carbocycles. The summed E-state index contributed by atoms with van der Waals surface area (Å²) in [5, 5.41) is 0.545. The minimum Gasteiger partial charge on any atom is -0.484 e. The molecule has 22 heavy (non-hydrogen) atoms. The number of thioether (sulfide) groups is 1. The van der Waals surface area contributed by atoms with Crippen LogP contribution in [-0.2, 0) is 14.6 Å². The molecule has 0 radical (unpaired) electrons. The molecule has 0 aliphatic carbocycles. The van der Waals surface area contributed by atoms with Gasteiger partial charge in [-0.1, -0.05) is 30.0 Å². The molecule has 2 aliphatic rings. The maximum absolute atomic E-state index is 11.9. The molecule has 2 saturated heterocycles. The minimum atomic E-state index is -2.96. The zero-order valence-electron chi connectivity index (χ0n) is 12.0. The van der Waals surface area contributed by atoms with Gasteiger partial charge in [-0.2, -0.15) is 4.99 Å². The third kappa shape index (κ3) is 3.27. The first-order valence-electron chi connectivity index (χ1n) is 6.84. The maximum Gasteiger partial charge on any atom is 0.285 e. The summed E-state index contributed by atoms with van der Waals surface area (Å²) in [4.78, 5) is 17.7. The highest BCUT2D eigenvalue weighted by molar-refractivity contribution is 8.15. The number of fused-ring (bicyclic) bond motifs is 1. The number of carbonyl (C=O) groups excluding carboxylic acids is 1. The van der Waals surface area contributed by atoms with Crippen molar-refractivity contribution in [1.29, 1.82) is 0 Å². The number of rotatable bonds is 3. The largest absolute Gasteiger partial charge is 0.484 e. The van der Waals surface area contributed by atoms with Crippen LogP contribution in [0.25, 0.3) is 0 Å². The lowest BCUT2D eigenvalue weighted by Gasteiger charge is -2.17. The Kier molecular flexibility index (Phi) is 4.14. The topological polar surface area (TPSA) is 76.0 Å². The highest BCUT2D eigenvalue weighted by atomic mass is 32.2. The maximum atomic E-state index is 11.9. The molecule has 1 aromatic rings. The fourth-order valence-corrected chi connectivity index (χ4v) is 6.55. The Morgan fingerprint density at radius 2 is 2.09 bits per heavy atom. The van der Waals surface area contributed by atoms with Gasteiger partial charge in [0, 0.05) is 12.3 Å². The van der Waals surface area contributed by atoms with Crippen molar-refractivity contribution in [3.63, 3.8) is 0 Å². The van der Waals surface area contributed by atoms with Gasteiger partial charge in [-0.05, 0) is 12.1 Å². The second-order valence-electron chi connectivity index (χ2n) is 5.30. The van der Waals surface area contributed by atoms with Crippen molar-refractivity contribution < 1.29 is 17.9 Å². The van der Waals surface area contributed by atoms with Gasteiger partial charge in [0.05, 0.1) is 17.5 Å². The molecular weight excluding hydrogens is 324 g/mol. The lowest BCUT2D eigenvalue weighted by Crippen LogP contribution is -2.34. The fraction of sp³-hybridized carbons (Fsp3) is 0.429. The molecule has 0 saturated carbocycles. The van der Waals surface area contributed by atoms with Gasteiger partial charge in [0.2, 0.25) is 0 Å². The van der Waals surface area contributed by atoms with Crippen LogP contribution in [0.5, 0.6) is 5.75 Å². The zero-order valence-corrected chi connectivity index (χ0v) is 13.6. The van der Waals surface area contributed by atoms with E-state index in [4.69, 9.17) is 4.74 Å². The molecule has 2 heterocycles. The van der Waals surface area contributed by atoms with Gasteiger partial charge in [0.1, 0.15) is 5.75 Å². The summed E-state index contributed by atoms with van der Waals surface area (Å²) in [7, 11) is -1.18. The number of benzene rings is 1. The second-order valence-corrected chi connectivity index (χ2v) is 8.66. The number of para-hydroxylation sites is 1. The van der Waals surface area contributed by atoms with Crippen LogP contribution in [0.2, 0.25) is 0 Å². The Morgan fingerprint density at radius 1 is 1.36 bits per heavy atom. The Balaban J connectivity index is 1.60. The molecule has 2 atom stereocenters. The van der Waals surface area contributed by atoms with Crippen LogP contribution < -0.4 is 4.74 Å². The summed E-state index contributed by atoms with van der Waals surface area (Å²) >= 11 is 1.36. The molecule has 1 amide bonds. The molecule has 6 nitrogen and oxygen atoms in total. The van der Waals surface area contributed by atoms with E-state index in [0.717, 1.165) is 0 Å². The van der Waals surface area contributed by atoms with E-state index >= 15 is 0 Å². The monoisotopic (exact) mass is 340 g/mol. The summed E-state index contributed by atoms with van der Waals surface area (Å²) in [6.45, 7) is -0.129. The molecule has 8 heteroatoms. The zero-order chi connectivity index (χ0) is 15.7. The van der Waals surface area contributed by atoms with Gasteiger partial charge in [-0.15, -0.1) is 0 Å². The second kappa shape index (κ2) is 5.92. The van der Waals surface area contributed by atoms with Crippen LogP contribution in [0.4, 0.5) is 0 Å². The molecule has 0 aromatic heterocycles. The molecular formula is C14H16N2O4S2. The van der Waals surface area contributed by atoms with Gasteiger partial charge in [0.25, 0.3) is 5.91 Å². The normalized spacial score (nSPS) is 27.9. The van der Waals surface area contributed by atoms with E-state index < -0.39 is 9.84 Å². The molecule has 0 N–H and O–H groups in total. The van der Waals surface area contributed by atoms with Crippen molar-refractivity contribution in [1.82, 2.24) is 4.90 Å². The number of sulfone groups is 1. The summed E-state index contributed by atoms with van der Waals surface area (Å²) in [5.74, 6) is 0.530. The molecule has 118 valence electrons. The molecule has 0 bridgehead atoms. The number of nitrogens with zero attached hydrogens (tertiary/aromatic N) is 2. The van der Waals surface area contributed by atoms with Gasteiger partial charge >= 0.3 is 0 Å². The quantitative estimate of drug-likeness (QED) is 0.810. The van der Waals surface area contributed by atoms with Crippen molar-refractivity contribution in [3.05, 3.63) is 30.3 Å². The number of hydrogen-bond acceptors (Lipinski definition) is 5. The predicted molar refractivity (Wildman–Crippen MR) is 86.0 cm³/mol. The van der Waals surface area contributed by atoms with E-state index in [0.29, 0.717) is 10.9 Å². The summed E-state index contributed by atoms with van der Waals surface area (Å²) in [6.07, 6.45) is 0. The van der Waals surface area contributed by atoms with Crippen molar-refractivity contribution in [2.45, 2.75) is 11.3 Å². The van der Waals surface area contributed by atoms with E-state index in [1.807, 2.05) is 18.2 Å². The number of aliphatic imine (C=N–C) groups is 1. The minimum absolute atomic E-state index is 0.0309. The SMILES string of the molecule is CN1C(=NC(=O)COc2ccccc2)S[C@@H]2CS(=O)(=O)C[C@H]21. The standard InChI is InChI=1S/C14H16N2O4S2/c1-16-11-8-22(18,19)9-12(11)21-14(16)15-13(17)7-20-10-5-3-2-4-6-10/h2-6,11-12H,7-9H2,1H3/t11-,12-/m1/s1. The lowest BCUT2D eigenvalue weighted by molar-refractivity contribution is -0.119. The molecule has 0 unspecified atom stereocenters. The fourth-order valence-electron chi connectivity index (χ4n) is 2.54. The summed E-state index contributed by atoms with van der Waals surface area (Å²) in [6, 6.07) is 8.97. The van der Waals surface area contributed by atoms with Crippen molar-refractivity contribution >= 4 is 32.7 Å². The highest BCUT2D eigenvalue weighted by Crippen LogP contribution is 2.36. The number of hydrogen-bond donors (Lipinski definition) is 0. The van der Waals surface area contributed by atoms with Crippen LogP contribution in [-0.4, -0.2) is 60.8 Å². The average molecular weight is 340 g/mol. The van der Waals surface area contributed by atoms with E-state index in [9.17, 15) is 13.2 Å². The van der Waals surface area contributed by atoms with Gasteiger partial charge < -0.3 is 9.64 Å². The van der Waals surface area contributed by atoms with Gasteiger partial charge in [-0.3, -0.25) is 4.79 Å². The first kappa shape index (κ1) is 15.4. The van der Waals surface area contributed by atoms with Crippen LogP contribution in [0.3, 0.4) is 0 Å². The van der Waals surface area contributed by atoms with Crippen molar-refractivity contribution in [2.24, 2.45) is 4.99 Å². The third-order valence-corrected chi connectivity index (χ3v) is 6.95. The number of carbonyl (C=O) groups is 1. The van der Waals surface area contributed by atoms with E-state index in [2.05, 4.69) is 4.99 Å².